The van der Waals surface area contributed by atoms with E-state index in [0.29, 0.717) is 5.56 Å². The summed E-state index contributed by atoms with van der Waals surface area (Å²) in [5, 5.41) is 9.73. The van der Waals surface area contributed by atoms with E-state index in [9.17, 15) is 9.90 Å². The van der Waals surface area contributed by atoms with Crippen molar-refractivity contribution in [3.05, 3.63) is 95.1 Å². The van der Waals surface area contributed by atoms with Crippen LogP contribution < -0.4 is 0 Å². The van der Waals surface area contributed by atoms with E-state index in [2.05, 4.69) is 15.0 Å². The molecule has 33 heavy (non-hydrogen) atoms. The molecule has 0 aliphatic carbocycles. The fourth-order valence-electron chi connectivity index (χ4n) is 4.15. The van der Waals surface area contributed by atoms with Crippen LogP contribution >= 0.6 is 0 Å². The van der Waals surface area contributed by atoms with Gasteiger partial charge in [-0.2, -0.15) is 0 Å². The van der Waals surface area contributed by atoms with Crippen molar-refractivity contribution in [2.45, 2.75) is 0 Å². The van der Waals surface area contributed by atoms with E-state index in [1.165, 1.54) is 0 Å². The Bertz CT molecular complexity index is 1650. The monoisotopic (exact) mass is 430 g/mol. The second kappa shape index (κ2) is 7.46. The molecular formula is C27H18N4O2. The van der Waals surface area contributed by atoms with Gasteiger partial charge >= 0.3 is 5.97 Å². The van der Waals surface area contributed by atoms with Crippen molar-refractivity contribution in [2.24, 2.45) is 0 Å². The molecule has 8 bridgehead atoms. The smallest absolute Gasteiger partial charge is 0.336 e. The van der Waals surface area contributed by atoms with Gasteiger partial charge in [-0.3, -0.25) is 0 Å². The predicted molar refractivity (Wildman–Crippen MR) is 131 cm³/mol. The van der Waals surface area contributed by atoms with Crippen molar-refractivity contribution in [3.63, 3.8) is 0 Å². The zero-order valence-corrected chi connectivity index (χ0v) is 17.4. The third-order valence-electron chi connectivity index (χ3n) is 5.62. The van der Waals surface area contributed by atoms with Gasteiger partial charge in [0.05, 0.1) is 28.3 Å². The van der Waals surface area contributed by atoms with Crippen LogP contribution in [-0.4, -0.2) is 31.0 Å². The zero-order valence-electron chi connectivity index (χ0n) is 17.4. The molecule has 3 N–H and O–H groups in total. The van der Waals surface area contributed by atoms with Crippen molar-refractivity contribution in [1.29, 1.82) is 0 Å². The molecule has 5 heterocycles. The van der Waals surface area contributed by atoms with Gasteiger partial charge in [-0.1, -0.05) is 18.2 Å². The molecule has 0 saturated carbocycles. The number of aromatic amines is 2. The molecule has 6 rings (SSSR count). The number of fused-ring (bicyclic) bond motifs is 8. The molecule has 2 aliphatic heterocycles. The van der Waals surface area contributed by atoms with Gasteiger partial charge in [0.1, 0.15) is 0 Å². The van der Waals surface area contributed by atoms with Gasteiger partial charge in [0.15, 0.2) is 0 Å². The molecule has 2 aliphatic rings. The second-order valence-corrected chi connectivity index (χ2v) is 7.94. The lowest BCUT2D eigenvalue weighted by atomic mass is 10.0. The number of aromatic carboxylic acids is 1. The number of nitrogens with one attached hydrogen (secondary N) is 2. The van der Waals surface area contributed by atoms with E-state index < -0.39 is 5.97 Å². The lowest BCUT2D eigenvalue weighted by Gasteiger charge is -2.04. The molecule has 0 atom stereocenters. The van der Waals surface area contributed by atoms with Crippen LogP contribution in [0.15, 0.2) is 66.7 Å². The van der Waals surface area contributed by atoms with Crippen LogP contribution in [-0.2, 0) is 0 Å². The van der Waals surface area contributed by atoms with E-state index in [1.54, 1.807) is 12.1 Å². The number of carbonyl (C=O) groups is 1. The Morgan fingerprint density at radius 2 is 1.27 bits per heavy atom. The summed E-state index contributed by atoms with van der Waals surface area (Å²) in [6.07, 6.45) is 7.83. The molecule has 0 spiro atoms. The summed E-state index contributed by atoms with van der Waals surface area (Å²) in [6, 6.07) is 20.9. The highest BCUT2D eigenvalue weighted by atomic mass is 16.4. The Morgan fingerprint density at radius 3 is 2.00 bits per heavy atom. The maximum Gasteiger partial charge on any atom is 0.336 e. The first-order valence-corrected chi connectivity index (χ1v) is 10.5. The van der Waals surface area contributed by atoms with Crippen LogP contribution in [0.4, 0.5) is 0 Å². The number of hydrogen-bond donors (Lipinski definition) is 3. The van der Waals surface area contributed by atoms with Crippen LogP contribution in [0.5, 0.6) is 0 Å². The molecule has 158 valence electrons. The molecule has 3 aromatic heterocycles. The van der Waals surface area contributed by atoms with E-state index >= 15 is 0 Å². The van der Waals surface area contributed by atoms with Gasteiger partial charge in [0.2, 0.25) is 0 Å². The largest absolute Gasteiger partial charge is 0.478 e. The van der Waals surface area contributed by atoms with Gasteiger partial charge < -0.3 is 15.1 Å². The summed E-state index contributed by atoms with van der Waals surface area (Å²) in [6.45, 7) is 0. The zero-order chi connectivity index (χ0) is 22.4. The minimum Gasteiger partial charge on any atom is -0.478 e. The Labute approximate surface area is 188 Å². The van der Waals surface area contributed by atoms with E-state index in [-0.39, 0.29) is 5.56 Å². The molecule has 4 aromatic rings. The number of rotatable bonds is 2. The predicted octanol–water partition coefficient (Wildman–Crippen LogP) is 6.02. The fourth-order valence-corrected chi connectivity index (χ4v) is 4.15. The highest BCUT2D eigenvalue weighted by Gasteiger charge is 2.14. The number of H-pyrrole nitrogens is 2. The van der Waals surface area contributed by atoms with Crippen molar-refractivity contribution >= 4 is 52.3 Å². The van der Waals surface area contributed by atoms with Crippen molar-refractivity contribution in [2.75, 3.05) is 0 Å². The number of aromatic nitrogens is 4. The average molecular weight is 430 g/mol. The van der Waals surface area contributed by atoms with Crippen molar-refractivity contribution in [3.8, 4) is 11.1 Å². The standard InChI is InChI=1S/C27H18N4O2/c32-27(33)24-4-2-1-3-23(24)25-14-22-13-20-8-7-18(29-20)11-16-5-6-17(28-16)12-19-9-10-21(30-19)15-26(25)31-22/h1-15,29,31H,(H,32,33). The number of carboxylic acids is 1. The summed E-state index contributed by atoms with van der Waals surface area (Å²) in [5.41, 5.74) is 8.51. The van der Waals surface area contributed by atoms with Gasteiger partial charge in [0.25, 0.3) is 0 Å². The Hall–Kier alpha value is -4.71. The lowest BCUT2D eigenvalue weighted by Crippen LogP contribution is -1.98. The van der Waals surface area contributed by atoms with Crippen LogP contribution in [0.1, 0.15) is 33.1 Å². The van der Waals surface area contributed by atoms with E-state index in [0.717, 1.165) is 50.4 Å². The van der Waals surface area contributed by atoms with E-state index in [4.69, 9.17) is 4.98 Å². The van der Waals surface area contributed by atoms with Crippen molar-refractivity contribution < 1.29 is 9.90 Å². The highest BCUT2D eigenvalue weighted by molar-refractivity contribution is 6.00. The van der Waals surface area contributed by atoms with Crippen molar-refractivity contribution in [1.82, 2.24) is 19.9 Å². The first kappa shape index (κ1) is 19.0. The first-order chi connectivity index (χ1) is 16.1. The third kappa shape index (κ3) is 3.64. The Kier molecular flexibility index (Phi) is 4.30. The van der Waals surface area contributed by atoms with E-state index in [1.807, 2.05) is 78.9 Å². The van der Waals surface area contributed by atoms with Crippen LogP contribution in [0.25, 0.3) is 57.5 Å². The minimum absolute atomic E-state index is 0.252. The summed E-state index contributed by atoms with van der Waals surface area (Å²) < 4.78 is 0. The molecule has 0 amide bonds. The molecule has 0 fully saturated rings. The Balaban J connectivity index is 1.69. The van der Waals surface area contributed by atoms with Gasteiger partial charge in [-0.15, -0.1) is 0 Å². The van der Waals surface area contributed by atoms with Crippen LogP contribution in [0, 0.1) is 0 Å². The van der Waals surface area contributed by atoms with Crippen LogP contribution in [0.3, 0.4) is 0 Å². The fraction of sp³-hybridized carbons (Fsp3) is 0. The van der Waals surface area contributed by atoms with Gasteiger partial charge in [-0.25, -0.2) is 14.8 Å². The lowest BCUT2D eigenvalue weighted by molar-refractivity contribution is 0.0697. The molecule has 0 radical (unpaired) electrons. The number of benzene rings is 1. The average Bonchev–Trinajstić information content (AvgIpc) is 3.59. The first-order valence-electron chi connectivity index (χ1n) is 10.5. The second-order valence-electron chi connectivity index (χ2n) is 7.94. The molecule has 6 heteroatoms. The Morgan fingerprint density at radius 1 is 0.636 bits per heavy atom. The molecule has 6 nitrogen and oxygen atoms in total. The van der Waals surface area contributed by atoms with Gasteiger partial charge in [-0.05, 0) is 78.4 Å². The van der Waals surface area contributed by atoms with Gasteiger partial charge in [0, 0.05) is 27.6 Å². The SMILES string of the molecule is O=C(O)c1ccccc1-c1cc2cc3ccc(cc4nc(cc5nc(cc1[nH]2)C=C5)C=C4)[nH]3. The summed E-state index contributed by atoms with van der Waals surface area (Å²) in [7, 11) is 0. The summed E-state index contributed by atoms with van der Waals surface area (Å²) >= 11 is 0. The molecule has 0 unspecified atom stereocenters. The van der Waals surface area contributed by atoms with Crippen LogP contribution in [0.2, 0.25) is 0 Å². The minimum atomic E-state index is -0.962. The number of nitrogens with zero attached hydrogens (tertiary/aromatic N) is 2. The third-order valence-corrected chi connectivity index (χ3v) is 5.62. The quantitative estimate of drug-likeness (QED) is 0.313. The summed E-state index contributed by atoms with van der Waals surface area (Å²) in [4.78, 5) is 28.0. The maximum atomic E-state index is 11.9. The summed E-state index contributed by atoms with van der Waals surface area (Å²) in [5.74, 6) is -0.962. The molecule has 1 aromatic carbocycles. The number of hydrogen-bond acceptors (Lipinski definition) is 3. The highest BCUT2D eigenvalue weighted by Crippen LogP contribution is 2.30. The molecule has 0 saturated heterocycles. The topological polar surface area (TPSA) is 94.7 Å². The number of carboxylic acid groups (broad SMARTS) is 1. The normalized spacial score (nSPS) is 12.2. The maximum absolute atomic E-state index is 11.9. The molecular weight excluding hydrogens is 412 g/mol.